The molecular formula is C17H25ClN2O2. The Bertz CT molecular complexity index is 539. The molecular weight excluding hydrogens is 300 g/mol. The Morgan fingerprint density at radius 2 is 2.14 bits per heavy atom. The molecule has 1 atom stereocenters. The van der Waals surface area contributed by atoms with Crippen LogP contribution in [0.2, 0.25) is 5.02 Å². The van der Waals surface area contributed by atoms with Crippen molar-refractivity contribution in [1.82, 2.24) is 10.6 Å². The molecule has 0 saturated heterocycles. The minimum absolute atomic E-state index is 0.141. The lowest BCUT2D eigenvalue weighted by Crippen LogP contribution is -2.45. The number of urea groups is 1. The molecule has 0 bridgehead atoms. The third-order valence-corrected chi connectivity index (χ3v) is 4.29. The molecule has 0 aliphatic heterocycles. The number of halogens is 1. The summed E-state index contributed by atoms with van der Waals surface area (Å²) in [7, 11) is 0. The van der Waals surface area contributed by atoms with E-state index in [9.17, 15) is 9.90 Å². The van der Waals surface area contributed by atoms with E-state index in [4.69, 9.17) is 11.6 Å². The van der Waals surface area contributed by atoms with Crippen LogP contribution in [0.25, 0.3) is 0 Å². The van der Waals surface area contributed by atoms with Crippen molar-refractivity contribution in [2.24, 2.45) is 5.41 Å². The number of amides is 2. The number of hydrogen-bond acceptors (Lipinski definition) is 2. The standard InChI is InChI=1S/C17H25ClN2O2/c1-12(21)10-16(2,3)11-19-15(22)20-17(7-8-17)13-5-4-6-14(18)9-13/h4-6,9,12,21H,7-8,10-11H2,1-3H3,(H2,19,20,22). The van der Waals surface area contributed by atoms with Gasteiger partial charge < -0.3 is 15.7 Å². The third kappa shape index (κ3) is 4.62. The van der Waals surface area contributed by atoms with Gasteiger partial charge in [0.05, 0.1) is 11.6 Å². The fourth-order valence-corrected chi connectivity index (χ4v) is 3.04. The van der Waals surface area contributed by atoms with Crippen molar-refractivity contribution in [3.05, 3.63) is 34.9 Å². The van der Waals surface area contributed by atoms with Gasteiger partial charge in [-0.1, -0.05) is 37.6 Å². The number of benzene rings is 1. The molecule has 1 aromatic rings. The van der Waals surface area contributed by atoms with Crippen molar-refractivity contribution < 1.29 is 9.90 Å². The topological polar surface area (TPSA) is 61.4 Å². The zero-order valence-electron chi connectivity index (χ0n) is 13.4. The summed E-state index contributed by atoms with van der Waals surface area (Å²) in [5.41, 5.74) is 0.639. The number of nitrogens with one attached hydrogen (secondary N) is 2. The second kappa shape index (κ2) is 6.47. The molecule has 2 amide bonds. The van der Waals surface area contributed by atoms with Gasteiger partial charge in [-0.3, -0.25) is 0 Å². The summed E-state index contributed by atoms with van der Waals surface area (Å²) < 4.78 is 0. The highest BCUT2D eigenvalue weighted by Crippen LogP contribution is 2.45. The molecule has 4 nitrogen and oxygen atoms in total. The fourth-order valence-electron chi connectivity index (χ4n) is 2.85. The van der Waals surface area contributed by atoms with E-state index >= 15 is 0 Å². The monoisotopic (exact) mass is 324 g/mol. The van der Waals surface area contributed by atoms with E-state index in [0.717, 1.165) is 18.4 Å². The highest BCUT2D eigenvalue weighted by atomic mass is 35.5. The van der Waals surface area contributed by atoms with Crippen molar-refractivity contribution in [2.45, 2.75) is 51.7 Å². The van der Waals surface area contributed by atoms with E-state index in [0.29, 0.717) is 18.0 Å². The number of aliphatic hydroxyl groups excluding tert-OH is 1. The number of carbonyl (C=O) groups is 1. The Kier molecular flexibility index (Phi) is 5.03. The molecule has 1 fully saturated rings. The summed E-state index contributed by atoms with van der Waals surface area (Å²) in [6.07, 6.45) is 2.13. The van der Waals surface area contributed by atoms with Gasteiger partial charge in [0.1, 0.15) is 0 Å². The van der Waals surface area contributed by atoms with Gasteiger partial charge in [-0.05, 0) is 49.3 Å². The summed E-state index contributed by atoms with van der Waals surface area (Å²) in [5.74, 6) is 0. The molecule has 1 aliphatic carbocycles. The first-order valence-corrected chi connectivity index (χ1v) is 8.10. The van der Waals surface area contributed by atoms with Gasteiger partial charge in [-0.25, -0.2) is 4.79 Å². The average Bonchev–Trinajstić information content (AvgIpc) is 3.16. The summed E-state index contributed by atoms with van der Waals surface area (Å²) >= 11 is 6.03. The second-order valence-electron chi connectivity index (χ2n) is 7.12. The smallest absolute Gasteiger partial charge is 0.315 e. The summed E-state index contributed by atoms with van der Waals surface area (Å²) in [6, 6.07) is 7.47. The van der Waals surface area contributed by atoms with E-state index in [2.05, 4.69) is 10.6 Å². The van der Waals surface area contributed by atoms with E-state index in [-0.39, 0.29) is 23.1 Å². The van der Waals surface area contributed by atoms with Gasteiger partial charge in [0.25, 0.3) is 0 Å². The lowest BCUT2D eigenvalue weighted by Gasteiger charge is -2.27. The van der Waals surface area contributed by atoms with Crippen molar-refractivity contribution in [1.29, 1.82) is 0 Å². The Morgan fingerprint density at radius 3 is 2.68 bits per heavy atom. The SMILES string of the molecule is CC(O)CC(C)(C)CNC(=O)NC1(c2cccc(Cl)c2)CC1. The first kappa shape index (κ1) is 17.1. The fraction of sp³-hybridized carbons (Fsp3) is 0.588. The second-order valence-corrected chi connectivity index (χ2v) is 7.55. The Morgan fingerprint density at radius 1 is 1.45 bits per heavy atom. The molecule has 0 spiro atoms. The molecule has 1 aliphatic rings. The molecule has 3 N–H and O–H groups in total. The molecule has 0 aromatic heterocycles. The highest BCUT2D eigenvalue weighted by Gasteiger charge is 2.45. The molecule has 1 saturated carbocycles. The Labute approximate surface area is 137 Å². The predicted molar refractivity (Wildman–Crippen MR) is 89.0 cm³/mol. The van der Waals surface area contributed by atoms with Crippen LogP contribution < -0.4 is 10.6 Å². The van der Waals surface area contributed by atoms with Crippen LogP contribution in [0.15, 0.2) is 24.3 Å². The van der Waals surface area contributed by atoms with Crippen molar-refractivity contribution >= 4 is 17.6 Å². The maximum atomic E-state index is 12.2. The molecule has 22 heavy (non-hydrogen) atoms. The molecule has 122 valence electrons. The van der Waals surface area contributed by atoms with Gasteiger partial charge in [0.2, 0.25) is 0 Å². The molecule has 0 radical (unpaired) electrons. The van der Waals surface area contributed by atoms with E-state index in [1.54, 1.807) is 6.92 Å². The predicted octanol–water partition coefficient (Wildman–Crippen LogP) is 3.43. The lowest BCUT2D eigenvalue weighted by atomic mass is 9.87. The molecule has 2 rings (SSSR count). The van der Waals surface area contributed by atoms with E-state index in [1.165, 1.54) is 0 Å². The van der Waals surface area contributed by atoms with Crippen LogP contribution in [0, 0.1) is 5.41 Å². The van der Waals surface area contributed by atoms with Crippen molar-refractivity contribution in [2.75, 3.05) is 6.54 Å². The molecule has 1 aromatic carbocycles. The molecule has 5 heteroatoms. The summed E-state index contributed by atoms with van der Waals surface area (Å²) in [6.45, 7) is 6.35. The van der Waals surface area contributed by atoms with Crippen LogP contribution in [0.5, 0.6) is 0 Å². The first-order chi connectivity index (χ1) is 10.2. The average molecular weight is 325 g/mol. The molecule has 0 heterocycles. The van der Waals surface area contributed by atoms with Gasteiger partial charge >= 0.3 is 6.03 Å². The normalized spacial score (nSPS) is 17.7. The third-order valence-electron chi connectivity index (χ3n) is 4.06. The Hall–Kier alpha value is -1.26. The highest BCUT2D eigenvalue weighted by molar-refractivity contribution is 6.30. The van der Waals surface area contributed by atoms with Crippen LogP contribution in [-0.4, -0.2) is 23.8 Å². The maximum absolute atomic E-state index is 12.2. The van der Waals surface area contributed by atoms with Crippen LogP contribution in [0.4, 0.5) is 4.79 Å². The minimum Gasteiger partial charge on any atom is -0.393 e. The van der Waals surface area contributed by atoms with Gasteiger partial charge in [0, 0.05) is 11.6 Å². The summed E-state index contributed by atoms with van der Waals surface area (Å²) in [5, 5.41) is 16.1. The zero-order valence-corrected chi connectivity index (χ0v) is 14.2. The van der Waals surface area contributed by atoms with E-state index in [1.807, 2.05) is 38.1 Å². The van der Waals surface area contributed by atoms with Gasteiger partial charge in [0.15, 0.2) is 0 Å². The number of aliphatic hydroxyl groups is 1. The number of rotatable bonds is 6. The number of hydrogen-bond donors (Lipinski definition) is 3. The number of carbonyl (C=O) groups excluding carboxylic acids is 1. The quantitative estimate of drug-likeness (QED) is 0.750. The zero-order chi connectivity index (χ0) is 16.4. The van der Waals surface area contributed by atoms with Crippen molar-refractivity contribution in [3.8, 4) is 0 Å². The minimum atomic E-state index is -0.374. The van der Waals surface area contributed by atoms with Crippen molar-refractivity contribution in [3.63, 3.8) is 0 Å². The van der Waals surface area contributed by atoms with Crippen LogP contribution in [0.3, 0.4) is 0 Å². The van der Waals surface area contributed by atoms with Gasteiger partial charge in [-0.15, -0.1) is 0 Å². The molecule has 1 unspecified atom stereocenters. The first-order valence-electron chi connectivity index (χ1n) is 7.73. The summed E-state index contributed by atoms with van der Waals surface area (Å²) in [4.78, 5) is 12.2. The Balaban J connectivity index is 1.90. The lowest BCUT2D eigenvalue weighted by molar-refractivity contribution is 0.128. The van der Waals surface area contributed by atoms with E-state index < -0.39 is 0 Å². The van der Waals surface area contributed by atoms with Crippen LogP contribution in [-0.2, 0) is 5.54 Å². The van der Waals surface area contributed by atoms with Crippen LogP contribution in [0.1, 0.15) is 45.6 Å². The largest absolute Gasteiger partial charge is 0.393 e. The van der Waals surface area contributed by atoms with Gasteiger partial charge in [-0.2, -0.15) is 0 Å². The maximum Gasteiger partial charge on any atom is 0.315 e. The van der Waals surface area contributed by atoms with Crippen LogP contribution >= 0.6 is 11.6 Å².